The Labute approximate surface area is 165 Å². The fourth-order valence-corrected chi connectivity index (χ4v) is 2.32. The van der Waals surface area contributed by atoms with Gasteiger partial charge in [0.1, 0.15) is 24.7 Å². The van der Waals surface area contributed by atoms with Gasteiger partial charge in [0.2, 0.25) is 0 Å². The van der Waals surface area contributed by atoms with Crippen LogP contribution in [0.25, 0.3) is 0 Å². The van der Waals surface area contributed by atoms with E-state index in [0.717, 1.165) is 16.8 Å². The molecule has 0 atom stereocenters. The molecule has 0 heterocycles. The van der Waals surface area contributed by atoms with Crippen molar-refractivity contribution in [1.82, 2.24) is 0 Å². The molecule has 6 nitrogen and oxygen atoms in total. The van der Waals surface area contributed by atoms with E-state index in [1.807, 2.05) is 0 Å². The van der Waals surface area contributed by atoms with E-state index in [-0.39, 0.29) is 5.78 Å². The normalized spacial score (nSPS) is 11.8. The molecule has 0 aliphatic carbocycles. The van der Waals surface area contributed by atoms with Crippen LogP contribution >= 0.6 is 0 Å². The lowest BCUT2D eigenvalue weighted by Gasteiger charge is -2.23. The molecule has 0 radical (unpaired) electrons. The summed E-state index contributed by atoms with van der Waals surface area (Å²) in [4.78, 5) is 23.8. The zero-order valence-electron chi connectivity index (χ0n) is 17.1. The van der Waals surface area contributed by atoms with E-state index in [1.54, 1.807) is 48.5 Å². The minimum Gasteiger partial charge on any atom is -0.488 e. The topological polar surface area (TPSA) is 72.8 Å². The van der Waals surface area contributed by atoms with Gasteiger partial charge in [-0.05, 0) is 62.4 Å². The molecule has 0 aromatic heterocycles. The first-order valence-corrected chi connectivity index (χ1v) is 9.08. The van der Waals surface area contributed by atoms with E-state index in [2.05, 4.69) is 21.1 Å². The van der Waals surface area contributed by atoms with Gasteiger partial charge in [0.15, 0.2) is 11.4 Å². The maximum absolute atomic E-state index is 12.6. The zero-order chi connectivity index (χ0) is 20.9. The third-order valence-electron chi connectivity index (χ3n) is 4.15. The van der Waals surface area contributed by atoms with E-state index >= 15 is 0 Å². The summed E-state index contributed by atoms with van der Waals surface area (Å²) in [6.45, 7) is 4.43. The Morgan fingerprint density at radius 2 is 1.36 bits per heavy atom. The fourth-order valence-electron chi connectivity index (χ4n) is 2.32. The van der Waals surface area contributed by atoms with Gasteiger partial charge in [0, 0.05) is 11.1 Å². The van der Waals surface area contributed by atoms with E-state index in [1.165, 1.54) is 13.8 Å². The van der Waals surface area contributed by atoms with Crippen LogP contribution in [0.15, 0.2) is 48.5 Å². The van der Waals surface area contributed by atoms with E-state index < -0.39 is 11.6 Å². The van der Waals surface area contributed by atoms with Crippen molar-refractivity contribution < 1.29 is 28.7 Å². The summed E-state index contributed by atoms with van der Waals surface area (Å²) < 4.78 is 12.0. The molecule has 0 saturated heterocycles. The molecule has 0 saturated carbocycles. The number of hydrogen-bond acceptors (Lipinski definition) is 4. The molecule has 1 N–H and O–H groups in total. The predicted octanol–water partition coefficient (Wildman–Crippen LogP) is 3.24. The van der Waals surface area contributed by atoms with Gasteiger partial charge in [0.25, 0.3) is 0 Å². The van der Waals surface area contributed by atoms with Crippen LogP contribution in [0.1, 0.15) is 29.8 Å². The van der Waals surface area contributed by atoms with Crippen LogP contribution in [0.2, 0.25) is 0 Å². The van der Waals surface area contributed by atoms with Crippen molar-refractivity contribution in [2.75, 3.05) is 34.3 Å². The standard InChI is InChI=1S/C22H27NO5/c1-22(2,21(25)26)28-19-12-8-17(9-13-19)20(24)16-6-10-18(11-7-16)27-15-14-23(3,4)5/h6-13H,14-15H2,1-5H3/p+1. The lowest BCUT2D eigenvalue weighted by molar-refractivity contribution is -0.870. The van der Waals surface area contributed by atoms with Gasteiger partial charge in [-0.3, -0.25) is 4.79 Å². The van der Waals surface area contributed by atoms with E-state index in [0.29, 0.717) is 23.5 Å². The Bertz CT molecular complexity index is 818. The number of carbonyl (C=O) groups is 2. The number of carboxylic acids is 1. The number of rotatable bonds is 9. The summed E-state index contributed by atoms with van der Waals surface area (Å²) in [6.07, 6.45) is 0. The van der Waals surface area contributed by atoms with Crippen molar-refractivity contribution in [3.63, 3.8) is 0 Å². The summed E-state index contributed by atoms with van der Waals surface area (Å²) in [7, 11) is 6.30. The highest BCUT2D eigenvalue weighted by atomic mass is 16.5. The van der Waals surface area contributed by atoms with Crippen molar-refractivity contribution in [3.8, 4) is 11.5 Å². The Balaban J connectivity index is 2.00. The number of ketones is 1. The van der Waals surface area contributed by atoms with Gasteiger partial charge in [-0.1, -0.05) is 0 Å². The average molecular weight is 386 g/mol. The second kappa shape index (κ2) is 8.44. The van der Waals surface area contributed by atoms with Crippen LogP contribution in [0.3, 0.4) is 0 Å². The first kappa shape index (κ1) is 21.4. The summed E-state index contributed by atoms with van der Waals surface area (Å²) in [5.41, 5.74) is -0.287. The predicted molar refractivity (Wildman–Crippen MR) is 107 cm³/mol. The third kappa shape index (κ3) is 6.09. The fraction of sp³-hybridized carbons (Fsp3) is 0.364. The van der Waals surface area contributed by atoms with Crippen LogP contribution in [0.4, 0.5) is 0 Å². The monoisotopic (exact) mass is 386 g/mol. The van der Waals surface area contributed by atoms with Gasteiger partial charge in [-0.15, -0.1) is 0 Å². The number of quaternary nitrogens is 1. The minimum absolute atomic E-state index is 0.123. The second-order valence-electron chi connectivity index (χ2n) is 8.16. The van der Waals surface area contributed by atoms with Crippen molar-refractivity contribution in [2.45, 2.75) is 19.4 Å². The molecule has 2 aromatic carbocycles. The van der Waals surface area contributed by atoms with Gasteiger partial charge < -0.3 is 19.1 Å². The molecule has 0 aliphatic rings. The van der Waals surface area contributed by atoms with Crippen molar-refractivity contribution >= 4 is 11.8 Å². The maximum Gasteiger partial charge on any atom is 0.347 e. The number of aliphatic carboxylic acids is 1. The lowest BCUT2D eigenvalue weighted by Crippen LogP contribution is -2.38. The number of benzene rings is 2. The smallest absolute Gasteiger partial charge is 0.347 e. The number of hydrogen-bond donors (Lipinski definition) is 1. The first-order chi connectivity index (χ1) is 13.0. The Morgan fingerprint density at radius 3 is 1.79 bits per heavy atom. The molecule has 28 heavy (non-hydrogen) atoms. The lowest BCUT2D eigenvalue weighted by atomic mass is 10.0. The highest BCUT2D eigenvalue weighted by Crippen LogP contribution is 2.21. The Morgan fingerprint density at radius 1 is 0.893 bits per heavy atom. The Hall–Kier alpha value is -2.86. The van der Waals surface area contributed by atoms with Gasteiger partial charge >= 0.3 is 5.97 Å². The molecular formula is C22H28NO5+. The molecule has 0 spiro atoms. The summed E-state index contributed by atoms with van der Waals surface area (Å²) >= 11 is 0. The number of carbonyl (C=O) groups excluding carboxylic acids is 1. The van der Waals surface area contributed by atoms with E-state index in [9.17, 15) is 9.59 Å². The van der Waals surface area contributed by atoms with Crippen LogP contribution in [0.5, 0.6) is 11.5 Å². The third-order valence-corrected chi connectivity index (χ3v) is 4.15. The number of ether oxygens (including phenoxy) is 2. The highest BCUT2D eigenvalue weighted by Gasteiger charge is 2.29. The molecule has 0 fully saturated rings. The molecule has 6 heteroatoms. The highest BCUT2D eigenvalue weighted by molar-refractivity contribution is 6.09. The zero-order valence-corrected chi connectivity index (χ0v) is 17.1. The van der Waals surface area contributed by atoms with Gasteiger partial charge in [-0.25, -0.2) is 4.79 Å². The van der Waals surface area contributed by atoms with Crippen LogP contribution < -0.4 is 9.47 Å². The van der Waals surface area contributed by atoms with Crippen molar-refractivity contribution in [3.05, 3.63) is 59.7 Å². The Kier molecular flexibility index (Phi) is 6.46. The van der Waals surface area contributed by atoms with Crippen LogP contribution in [0, 0.1) is 0 Å². The molecular weight excluding hydrogens is 358 g/mol. The molecule has 2 aromatic rings. The number of nitrogens with zero attached hydrogens (tertiary/aromatic N) is 1. The molecule has 0 aliphatic heterocycles. The largest absolute Gasteiger partial charge is 0.488 e. The minimum atomic E-state index is -1.34. The summed E-state index contributed by atoms with van der Waals surface area (Å²) in [5, 5.41) is 9.12. The SMILES string of the molecule is CC(C)(Oc1ccc(C(=O)c2ccc(OCC[N+](C)(C)C)cc2)cc1)C(=O)O. The van der Waals surface area contributed by atoms with Crippen molar-refractivity contribution in [2.24, 2.45) is 0 Å². The quantitative estimate of drug-likeness (QED) is 0.529. The van der Waals surface area contributed by atoms with E-state index in [4.69, 9.17) is 14.6 Å². The molecule has 2 rings (SSSR count). The van der Waals surface area contributed by atoms with Gasteiger partial charge in [0.05, 0.1) is 21.1 Å². The molecule has 150 valence electrons. The van der Waals surface area contributed by atoms with Gasteiger partial charge in [-0.2, -0.15) is 0 Å². The van der Waals surface area contributed by atoms with Crippen molar-refractivity contribution in [1.29, 1.82) is 0 Å². The maximum atomic E-state index is 12.6. The van der Waals surface area contributed by atoms with Crippen LogP contribution in [-0.4, -0.2) is 61.2 Å². The molecule has 0 bridgehead atoms. The molecule has 0 amide bonds. The second-order valence-corrected chi connectivity index (χ2v) is 8.16. The average Bonchev–Trinajstić information content (AvgIpc) is 2.61. The summed E-state index contributed by atoms with van der Waals surface area (Å²) in [5.74, 6) is -0.0621. The molecule has 0 unspecified atom stereocenters. The summed E-state index contributed by atoms with van der Waals surface area (Å²) in [6, 6.07) is 13.5. The number of carboxylic acid groups (broad SMARTS) is 1. The first-order valence-electron chi connectivity index (χ1n) is 9.08. The van der Waals surface area contributed by atoms with Crippen LogP contribution in [-0.2, 0) is 4.79 Å². The number of likely N-dealkylation sites (N-methyl/N-ethyl adjacent to an activating group) is 1.